The van der Waals surface area contributed by atoms with E-state index in [-0.39, 0.29) is 11.5 Å². The molecule has 8 heteroatoms. The Kier molecular flexibility index (Phi) is 5.29. The Morgan fingerprint density at radius 2 is 1.87 bits per heavy atom. The Labute approximate surface area is 179 Å². The summed E-state index contributed by atoms with van der Waals surface area (Å²) in [6, 6.07) is 13.7. The van der Waals surface area contributed by atoms with Gasteiger partial charge in [-0.25, -0.2) is 4.79 Å². The molecule has 2 aromatic carbocycles. The van der Waals surface area contributed by atoms with Crippen molar-refractivity contribution in [2.75, 3.05) is 5.32 Å². The number of carboxylic acid groups (broad SMARTS) is 1. The standard InChI is InChI=1S/C23H23N5O3/c1-14-21(25-22(29)16(3)27-13-19(11-24-27)23(30)31)15(2)28(26-14)12-18-9-6-8-17-7-4-5-10-20(17)18/h4-11,13,16H,12H2,1-3H3,(H,25,29)(H,30,31). The van der Waals surface area contributed by atoms with Crippen LogP contribution in [-0.4, -0.2) is 36.5 Å². The first-order chi connectivity index (χ1) is 14.8. The highest BCUT2D eigenvalue weighted by Crippen LogP contribution is 2.24. The van der Waals surface area contributed by atoms with Crippen molar-refractivity contribution in [2.24, 2.45) is 0 Å². The average molecular weight is 417 g/mol. The number of carbonyl (C=O) groups is 2. The normalized spacial score (nSPS) is 12.1. The first kappa shape index (κ1) is 20.3. The minimum absolute atomic E-state index is 0.0370. The van der Waals surface area contributed by atoms with Gasteiger partial charge in [-0.15, -0.1) is 0 Å². The van der Waals surface area contributed by atoms with Gasteiger partial charge in [-0.3, -0.25) is 14.2 Å². The third-order valence-electron chi connectivity index (χ3n) is 5.45. The minimum atomic E-state index is -1.08. The number of rotatable bonds is 6. The summed E-state index contributed by atoms with van der Waals surface area (Å²) in [6.45, 7) is 6.02. The summed E-state index contributed by atoms with van der Waals surface area (Å²) in [6.07, 6.45) is 2.57. The van der Waals surface area contributed by atoms with Gasteiger partial charge in [-0.1, -0.05) is 42.5 Å². The Morgan fingerprint density at radius 3 is 2.61 bits per heavy atom. The second-order valence-electron chi connectivity index (χ2n) is 7.52. The summed E-state index contributed by atoms with van der Waals surface area (Å²) < 4.78 is 3.22. The zero-order chi connectivity index (χ0) is 22.1. The van der Waals surface area contributed by atoms with Crippen LogP contribution in [0, 0.1) is 13.8 Å². The predicted molar refractivity (Wildman–Crippen MR) is 117 cm³/mol. The largest absolute Gasteiger partial charge is 0.478 e. The Balaban J connectivity index is 1.56. The molecule has 158 valence electrons. The molecule has 0 aliphatic carbocycles. The van der Waals surface area contributed by atoms with Gasteiger partial charge in [-0.2, -0.15) is 10.2 Å². The molecule has 0 aliphatic rings. The van der Waals surface area contributed by atoms with Gasteiger partial charge >= 0.3 is 5.97 Å². The molecule has 8 nitrogen and oxygen atoms in total. The molecule has 2 aromatic heterocycles. The molecular formula is C23H23N5O3. The van der Waals surface area contributed by atoms with Gasteiger partial charge in [0.25, 0.3) is 0 Å². The van der Waals surface area contributed by atoms with Gasteiger partial charge in [-0.05, 0) is 37.1 Å². The van der Waals surface area contributed by atoms with Crippen molar-refractivity contribution in [1.82, 2.24) is 19.6 Å². The lowest BCUT2D eigenvalue weighted by Gasteiger charge is -2.13. The third kappa shape index (κ3) is 3.92. The SMILES string of the molecule is Cc1nn(Cc2cccc3ccccc23)c(C)c1NC(=O)C(C)n1cc(C(=O)O)cn1. The van der Waals surface area contributed by atoms with E-state index in [1.165, 1.54) is 27.8 Å². The van der Waals surface area contributed by atoms with Gasteiger partial charge < -0.3 is 10.4 Å². The van der Waals surface area contributed by atoms with Crippen molar-refractivity contribution in [3.05, 3.63) is 77.4 Å². The molecule has 0 bridgehead atoms. The Morgan fingerprint density at radius 1 is 1.13 bits per heavy atom. The number of nitrogens with zero attached hydrogens (tertiary/aromatic N) is 4. The molecule has 1 unspecified atom stereocenters. The summed E-state index contributed by atoms with van der Waals surface area (Å²) in [5.41, 5.74) is 3.40. The van der Waals surface area contributed by atoms with Gasteiger partial charge in [0.15, 0.2) is 0 Å². The van der Waals surface area contributed by atoms with E-state index < -0.39 is 12.0 Å². The van der Waals surface area contributed by atoms with E-state index >= 15 is 0 Å². The molecule has 0 spiro atoms. The molecular weight excluding hydrogens is 394 g/mol. The molecule has 4 aromatic rings. The van der Waals surface area contributed by atoms with Crippen LogP contribution < -0.4 is 5.32 Å². The lowest BCUT2D eigenvalue weighted by molar-refractivity contribution is -0.119. The van der Waals surface area contributed by atoms with Crippen molar-refractivity contribution in [2.45, 2.75) is 33.4 Å². The third-order valence-corrected chi connectivity index (χ3v) is 5.45. The van der Waals surface area contributed by atoms with Crippen LogP contribution in [0.1, 0.15) is 40.3 Å². The number of hydrogen-bond donors (Lipinski definition) is 2. The van der Waals surface area contributed by atoms with E-state index in [9.17, 15) is 9.59 Å². The number of aromatic carboxylic acids is 1. The maximum Gasteiger partial charge on any atom is 0.338 e. The lowest BCUT2D eigenvalue weighted by atomic mass is 10.0. The number of benzene rings is 2. The first-order valence-electron chi connectivity index (χ1n) is 9.94. The summed E-state index contributed by atoms with van der Waals surface area (Å²) in [4.78, 5) is 23.8. The maximum absolute atomic E-state index is 12.8. The molecule has 0 saturated carbocycles. The fraction of sp³-hybridized carbons (Fsp3) is 0.217. The minimum Gasteiger partial charge on any atom is -0.478 e. The fourth-order valence-corrected chi connectivity index (χ4v) is 3.63. The first-order valence-corrected chi connectivity index (χ1v) is 9.94. The van der Waals surface area contributed by atoms with Crippen LogP contribution in [0.2, 0.25) is 0 Å². The zero-order valence-corrected chi connectivity index (χ0v) is 17.5. The number of amides is 1. The van der Waals surface area contributed by atoms with E-state index in [1.807, 2.05) is 36.7 Å². The second kappa shape index (κ2) is 8.06. The topological polar surface area (TPSA) is 102 Å². The number of nitrogens with one attached hydrogen (secondary N) is 1. The van der Waals surface area contributed by atoms with Gasteiger partial charge in [0, 0.05) is 6.20 Å². The number of aryl methyl sites for hydroxylation is 1. The fourth-order valence-electron chi connectivity index (χ4n) is 3.63. The number of carboxylic acids is 1. The number of carbonyl (C=O) groups excluding carboxylic acids is 1. The quantitative estimate of drug-likeness (QED) is 0.497. The predicted octanol–water partition coefficient (Wildman–Crippen LogP) is 3.80. The molecule has 2 heterocycles. The summed E-state index contributed by atoms with van der Waals surface area (Å²) in [5.74, 6) is -1.38. The highest BCUT2D eigenvalue weighted by Gasteiger charge is 2.21. The van der Waals surface area contributed by atoms with Crippen LogP contribution in [0.25, 0.3) is 10.8 Å². The zero-order valence-electron chi connectivity index (χ0n) is 17.5. The van der Waals surface area contributed by atoms with Crippen molar-refractivity contribution in [3.63, 3.8) is 0 Å². The smallest absolute Gasteiger partial charge is 0.338 e. The van der Waals surface area contributed by atoms with Crippen LogP contribution in [0.15, 0.2) is 54.9 Å². The average Bonchev–Trinajstić information content (AvgIpc) is 3.35. The van der Waals surface area contributed by atoms with Gasteiger partial charge in [0.2, 0.25) is 5.91 Å². The van der Waals surface area contributed by atoms with Crippen molar-refractivity contribution in [1.29, 1.82) is 0 Å². The van der Waals surface area contributed by atoms with Crippen LogP contribution in [0.3, 0.4) is 0 Å². The van der Waals surface area contributed by atoms with Crippen molar-refractivity contribution < 1.29 is 14.7 Å². The number of aromatic nitrogens is 4. The summed E-state index contributed by atoms with van der Waals surface area (Å²) in [5, 5.41) is 22.9. The maximum atomic E-state index is 12.8. The van der Waals surface area contributed by atoms with Gasteiger partial charge in [0.1, 0.15) is 6.04 Å². The van der Waals surface area contributed by atoms with Crippen LogP contribution in [0.4, 0.5) is 5.69 Å². The van der Waals surface area contributed by atoms with E-state index in [0.717, 1.165) is 11.3 Å². The van der Waals surface area contributed by atoms with Crippen LogP contribution in [-0.2, 0) is 11.3 Å². The molecule has 31 heavy (non-hydrogen) atoms. The van der Waals surface area contributed by atoms with Crippen molar-refractivity contribution in [3.8, 4) is 0 Å². The van der Waals surface area contributed by atoms with Crippen LogP contribution >= 0.6 is 0 Å². The molecule has 1 atom stereocenters. The summed E-state index contributed by atoms with van der Waals surface area (Å²) >= 11 is 0. The molecule has 0 radical (unpaired) electrons. The number of fused-ring (bicyclic) bond motifs is 1. The lowest BCUT2D eigenvalue weighted by Crippen LogP contribution is -2.24. The Bertz CT molecular complexity index is 1280. The summed E-state index contributed by atoms with van der Waals surface area (Å²) in [7, 11) is 0. The Hall–Kier alpha value is -3.94. The molecule has 4 rings (SSSR count). The molecule has 0 saturated heterocycles. The van der Waals surface area contributed by atoms with E-state index in [0.29, 0.717) is 17.9 Å². The highest BCUT2D eigenvalue weighted by atomic mass is 16.4. The monoisotopic (exact) mass is 417 g/mol. The highest BCUT2D eigenvalue weighted by molar-refractivity contribution is 5.94. The number of hydrogen-bond acceptors (Lipinski definition) is 4. The van der Waals surface area contributed by atoms with E-state index in [2.05, 4.69) is 39.8 Å². The van der Waals surface area contributed by atoms with Crippen molar-refractivity contribution >= 4 is 28.3 Å². The van der Waals surface area contributed by atoms with E-state index in [1.54, 1.807) is 6.92 Å². The molecule has 1 amide bonds. The van der Waals surface area contributed by atoms with E-state index in [4.69, 9.17) is 5.11 Å². The molecule has 2 N–H and O–H groups in total. The number of anilines is 1. The molecule has 0 aliphatic heterocycles. The molecule has 0 fully saturated rings. The van der Waals surface area contributed by atoms with Crippen LogP contribution in [0.5, 0.6) is 0 Å². The second-order valence-corrected chi connectivity index (χ2v) is 7.52. The van der Waals surface area contributed by atoms with Gasteiger partial charge in [0.05, 0.1) is 35.4 Å².